The van der Waals surface area contributed by atoms with Crippen LogP contribution in [-0.4, -0.2) is 23.1 Å². The summed E-state index contributed by atoms with van der Waals surface area (Å²) >= 11 is 0. The van der Waals surface area contributed by atoms with Crippen LogP contribution in [0.5, 0.6) is 11.5 Å². The summed E-state index contributed by atoms with van der Waals surface area (Å²) < 4.78 is 5.15. The molecule has 0 saturated heterocycles. The van der Waals surface area contributed by atoms with Gasteiger partial charge < -0.3 is 14.9 Å². The molecule has 17 heavy (non-hydrogen) atoms. The monoisotopic (exact) mass is 234 g/mol. The second-order valence-electron chi connectivity index (χ2n) is 3.99. The zero-order valence-corrected chi connectivity index (χ0v) is 9.56. The second-order valence-corrected chi connectivity index (χ2v) is 3.99. The van der Waals surface area contributed by atoms with E-state index in [4.69, 9.17) is 4.74 Å². The van der Waals surface area contributed by atoms with Crippen LogP contribution in [0.2, 0.25) is 0 Å². The summed E-state index contributed by atoms with van der Waals surface area (Å²) in [4.78, 5) is 11.7. The van der Waals surface area contributed by atoms with Crippen LogP contribution in [0.25, 0.3) is 0 Å². The Labute approximate surface area is 99.2 Å². The highest BCUT2D eigenvalue weighted by Crippen LogP contribution is 2.33. The maximum absolute atomic E-state index is 11.7. The van der Waals surface area contributed by atoms with Crippen molar-refractivity contribution in [3.8, 4) is 11.5 Å². The topological polar surface area (TPSA) is 66.8 Å². The van der Waals surface area contributed by atoms with Crippen LogP contribution < -0.4 is 0 Å². The molecule has 0 unspecified atom stereocenters. The Balaban J connectivity index is 2.32. The van der Waals surface area contributed by atoms with Crippen LogP contribution >= 0.6 is 0 Å². The largest absolute Gasteiger partial charge is 0.504 e. The molecule has 0 amide bonds. The van der Waals surface area contributed by atoms with Gasteiger partial charge in [0.05, 0.1) is 7.11 Å². The fraction of sp³-hybridized carbons (Fsp3) is 0.308. The van der Waals surface area contributed by atoms with Gasteiger partial charge in [-0.2, -0.15) is 0 Å². The maximum atomic E-state index is 11.7. The summed E-state index contributed by atoms with van der Waals surface area (Å²) in [5, 5.41) is 19.1. The summed E-state index contributed by atoms with van der Waals surface area (Å²) in [6.45, 7) is 0. The minimum absolute atomic E-state index is 0.0459. The number of hydrogen-bond donors (Lipinski definition) is 2. The van der Waals surface area contributed by atoms with Crippen molar-refractivity contribution >= 4 is 5.78 Å². The number of rotatable bonds is 3. The van der Waals surface area contributed by atoms with Crippen molar-refractivity contribution in [1.29, 1.82) is 0 Å². The molecule has 1 aromatic rings. The average Bonchev–Trinajstić information content (AvgIpc) is 2.66. The van der Waals surface area contributed by atoms with Crippen molar-refractivity contribution in [2.75, 3.05) is 7.11 Å². The molecule has 1 aliphatic rings. The fourth-order valence-electron chi connectivity index (χ4n) is 2.02. The molecular formula is C13H14O4. The first-order valence-electron chi connectivity index (χ1n) is 5.42. The van der Waals surface area contributed by atoms with Gasteiger partial charge in [-0.05, 0) is 6.07 Å². The molecule has 4 nitrogen and oxygen atoms in total. The standard InChI is InChI=1S/C13H14O4/c1-17-12-6-5-10(14)9(12)7-8-3-2-4-11(15)13(8)16/h2-4,15-16H,5-7H2,1H3. The highest BCUT2D eigenvalue weighted by molar-refractivity contribution is 5.98. The smallest absolute Gasteiger partial charge is 0.163 e. The Kier molecular flexibility index (Phi) is 3.04. The number of Topliss-reactive ketones (excluding diaryl/α,β-unsaturated/α-hetero) is 1. The summed E-state index contributed by atoms with van der Waals surface area (Å²) in [6, 6.07) is 4.72. The Morgan fingerprint density at radius 2 is 2.06 bits per heavy atom. The lowest BCUT2D eigenvalue weighted by atomic mass is 10.0. The SMILES string of the molecule is COC1=C(Cc2cccc(O)c2O)C(=O)CC1. The van der Waals surface area contributed by atoms with E-state index in [1.54, 1.807) is 12.1 Å². The number of phenols is 2. The average molecular weight is 234 g/mol. The van der Waals surface area contributed by atoms with Gasteiger partial charge in [-0.15, -0.1) is 0 Å². The van der Waals surface area contributed by atoms with Gasteiger partial charge in [0.1, 0.15) is 5.76 Å². The van der Waals surface area contributed by atoms with Crippen molar-refractivity contribution in [2.24, 2.45) is 0 Å². The van der Waals surface area contributed by atoms with Crippen LogP contribution in [0.3, 0.4) is 0 Å². The van der Waals surface area contributed by atoms with Crippen molar-refractivity contribution in [3.63, 3.8) is 0 Å². The maximum Gasteiger partial charge on any atom is 0.163 e. The number of carbonyl (C=O) groups is 1. The molecule has 0 fully saturated rings. The normalized spacial score (nSPS) is 15.5. The quantitative estimate of drug-likeness (QED) is 0.784. The molecule has 0 aliphatic heterocycles. The molecule has 0 heterocycles. The van der Waals surface area contributed by atoms with Crippen LogP contribution in [0, 0.1) is 0 Å². The van der Waals surface area contributed by atoms with E-state index in [9.17, 15) is 15.0 Å². The van der Waals surface area contributed by atoms with E-state index in [0.29, 0.717) is 36.2 Å². The Bertz CT molecular complexity index is 488. The second kappa shape index (κ2) is 4.49. The third-order valence-corrected chi connectivity index (χ3v) is 2.96. The van der Waals surface area contributed by atoms with Crippen molar-refractivity contribution in [1.82, 2.24) is 0 Å². The molecule has 0 bridgehead atoms. The van der Waals surface area contributed by atoms with Gasteiger partial charge in [0.15, 0.2) is 17.3 Å². The molecule has 0 aromatic heterocycles. The number of phenolic OH excluding ortho intramolecular Hbond substituents is 2. The Morgan fingerprint density at radius 3 is 2.76 bits per heavy atom. The molecule has 2 N–H and O–H groups in total. The predicted octanol–water partition coefficient (Wildman–Crippen LogP) is 1.90. The first-order valence-corrected chi connectivity index (χ1v) is 5.42. The number of ketones is 1. The van der Waals surface area contributed by atoms with Gasteiger partial charge in [0.2, 0.25) is 0 Å². The zero-order valence-electron chi connectivity index (χ0n) is 9.56. The summed E-state index contributed by atoms with van der Waals surface area (Å²) in [6.07, 6.45) is 1.37. The number of allylic oxidation sites excluding steroid dienone is 2. The molecular weight excluding hydrogens is 220 g/mol. The zero-order chi connectivity index (χ0) is 12.4. The third-order valence-electron chi connectivity index (χ3n) is 2.96. The van der Waals surface area contributed by atoms with Crippen LogP contribution in [0.15, 0.2) is 29.5 Å². The molecule has 4 heteroatoms. The summed E-state index contributed by atoms with van der Waals surface area (Å²) in [5.74, 6) is 0.380. The van der Waals surface area contributed by atoms with Crippen molar-refractivity contribution in [3.05, 3.63) is 35.1 Å². The number of benzene rings is 1. The van der Waals surface area contributed by atoms with Gasteiger partial charge in [-0.3, -0.25) is 4.79 Å². The van der Waals surface area contributed by atoms with Crippen LogP contribution in [0.4, 0.5) is 0 Å². The lowest BCUT2D eigenvalue weighted by molar-refractivity contribution is -0.115. The van der Waals surface area contributed by atoms with E-state index in [-0.39, 0.29) is 17.3 Å². The molecule has 0 saturated carbocycles. The van der Waals surface area contributed by atoms with Gasteiger partial charge in [-0.1, -0.05) is 12.1 Å². The van der Waals surface area contributed by atoms with E-state index in [1.165, 1.54) is 13.2 Å². The molecule has 0 atom stereocenters. The molecule has 1 aliphatic carbocycles. The minimum atomic E-state index is -0.174. The highest BCUT2D eigenvalue weighted by Gasteiger charge is 2.24. The van der Waals surface area contributed by atoms with E-state index >= 15 is 0 Å². The van der Waals surface area contributed by atoms with E-state index < -0.39 is 0 Å². The van der Waals surface area contributed by atoms with Crippen molar-refractivity contribution < 1.29 is 19.7 Å². The van der Waals surface area contributed by atoms with Crippen molar-refractivity contribution in [2.45, 2.75) is 19.3 Å². The first-order chi connectivity index (χ1) is 8.13. The molecule has 0 spiro atoms. The molecule has 2 rings (SSSR count). The minimum Gasteiger partial charge on any atom is -0.504 e. The van der Waals surface area contributed by atoms with Gasteiger partial charge >= 0.3 is 0 Å². The van der Waals surface area contributed by atoms with Crippen LogP contribution in [-0.2, 0) is 16.0 Å². The highest BCUT2D eigenvalue weighted by atomic mass is 16.5. The number of carbonyl (C=O) groups excluding carboxylic acids is 1. The van der Waals surface area contributed by atoms with Gasteiger partial charge in [0, 0.05) is 30.4 Å². The van der Waals surface area contributed by atoms with Gasteiger partial charge in [0.25, 0.3) is 0 Å². The van der Waals surface area contributed by atoms with Gasteiger partial charge in [-0.25, -0.2) is 0 Å². The summed E-state index contributed by atoms with van der Waals surface area (Å²) in [5.41, 5.74) is 1.12. The number of ether oxygens (including phenoxy) is 1. The number of methoxy groups -OCH3 is 1. The first kappa shape index (κ1) is 11.5. The summed E-state index contributed by atoms with van der Waals surface area (Å²) in [7, 11) is 1.54. The Hall–Kier alpha value is -1.97. The van der Waals surface area contributed by atoms with E-state index in [1.807, 2.05) is 0 Å². The third kappa shape index (κ3) is 2.11. The molecule has 90 valence electrons. The lowest BCUT2D eigenvalue weighted by Crippen LogP contribution is -2.01. The predicted molar refractivity (Wildman–Crippen MR) is 61.8 cm³/mol. The number of aromatic hydroxyl groups is 2. The van der Waals surface area contributed by atoms with E-state index in [0.717, 1.165) is 0 Å². The number of para-hydroxylation sites is 1. The van der Waals surface area contributed by atoms with E-state index in [2.05, 4.69) is 0 Å². The molecule has 0 radical (unpaired) electrons. The number of hydrogen-bond acceptors (Lipinski definition) is 4. The lowest BCUT2D eigenvalue weighted by Gasteiger charge is -2.08. The van der Waals surface area contributed by atoms with Crippen LogP contribution in [0.1, 0.15) is 18.4 Å². The Morgan fingerprint density at radius 1 is 1.29 bits per heavy atom. The molecule has 1 aromatic carbocycles. The fourth-order valence-corrected chi connectivity index (χ4v) is 2.02.